The molecule has 166 valence electrons. The second kappa shape index (κ2) is 8.71. The predicted octanol–water partition coefficient (Wildman–Crippen LogP) is 4.33. The highest BCUT2D eigenvalue weighted by atomic mass is 16.3. The third kappa shape index (κ3) is 4.10. The molecule has 0 fully saturated rings. The van der Waals surface area contributed by atoms with Gasteiger partial charge in [-0.3, -0.25) is 9.48 Å². The van der Waals surface area contributed by atoms with Gasteiger partial charge in [-0.2, -0.15) is 10.2 Å². The smallest absolute Gasteiger partial charge is 0.277 e. The number of carbonyl (C=O) groups excluding carboxylic acids is 1. The Bertz CT molecular complexity index is 1130. The summed E-state index contributed by atoms with van der Waals surface area (Å²) < 4.78 is 1.75. The summed E-state index contributed by atoms with van der Waals surface area (Å²) in [5, 5.41) is 21.4. The average Bonchev–Trinajstić information content (AvgIpc) is 3.39. The van der Waals surface area contributed by atoms with Crippen molar-refractivity contribution in [2.45, 2.75) is 58.7 Å². The summed E-state index contributed by atoms with van der Waals surface area (Å²) >= 11 is 0. The number of nitrogens with zero attached hydrogens (tertiary/aromatic N) is 4. The van der Waals surface area contributed by atoms with Gasteiger partial charge < -0.3 is 5.11 Å². The first-order valence-electron chi connectivity index (χ1n) is 11.1. The Morgan fingerprint density at radius 1 is 1.16 bits per heavy atom. The van der Waals surface area contributed by atoms with Crippen LogP contribution in [0.1, 0.15) is 59.3 Å². The lowest BCUT2D eigenvalue weighted by Crippen LogP contribution is -2.53. The number of aromatic nitrogens is 2. The Labute approximate surface area is 189 Å². The third-order valence-corrected chi connectivity index (χ3v) is 6.32. The van der Waals surface area contributed by atoms with Crippen molar-refractivity contribution in [3.05, 3.63) is 88.7 Å². The molecule has 0 spiro atoms. The SMILES string of the molecule is CCC1(C(C)O)CC(c2cc(C)cc(C)c2)=NN1C(=O)c1cnn(Cc2ccccc2)c1. The normalized spacial score (nSPS) is 19.2. The van der Waals surface area contributed by atoms with Crippen LogP contribution in [0.3, 0.4) is 0 Å². The van der Waals surface area contributed by atoms with Gasteiger partial charge in [0, 0.05) is 12.6 Å². The molecule has 2 heterocycles. The average molecular weight is 431 g/mol. The van der Waals surface area contributed by atoms with E-state index in [1.807, 2.05) is 37.3 Å². The molecule has 6 nitrogen and oxygen atoms in total. The van der Waals surface area contributed by atoms with E-state index in [1.165, 1.54) is 5.01 Å². The fraction of sp³-hybridized carbons (Fsp3) is 0.346. The van der Waals surface area contributed by atoms with E-state index >= 15 is 0 Å². The number of hydrogen-bond donors (Lipinski definition) is 1. The first-order chi connectivity index (χ1) is 15.3. The fourth-order valence-electron chi connectivity index (χ4n) is 4.52. The Morgan fingerprint density at radius 2 is 1.84 bits per heavy atom. The molecule has 2 unspecified atom stereocenters. The number of amides is 1. The van der Waals surface area contributed by atoms with E-state index in [9.17, 15) is 9.90 Å². The highest BCUT2D eigenvalue weighted by Gasteiger charge is 2.48. The molecule has 2 atom stereocenters. The van der Waals surface area contributed by atoms with E-state index in [1.54, 1.807) is 24.0 Å². The summed E-state index contributed by atoms with van der Waals surface area (Å²) in [6, 6.07) is 16.3. The number of aliphatic hydroxyl groups is 1. The Hall–Kier alpha value is -3.25. The number of hydrogen-bond acceptors (Lipinski definition) is 4. The number of benzene rings is 2. The highest BCUT2D eigenvalue weighted by molar-refractivity contribution is 6.05. The van der Waals surface area contributed by atoms with Crippen molar-refractivity contribution in [2.75, 3.05) is 0 Å². The van der Waals surface area contributed by atoms with E-state index in [-0.39, 0.29) is 5.91 Å². The van der Waals surface area contributed by atoms with E-state index in [2.05, 4.69) is 37.1 Å². The molecule has 0 radical (unpaired) electrons. The third-order valence-electron chi connectivity index (χ3n) is 6.32. The number of rotatable bonds is 6. The van der Waals surface area contributed by atoms with E-state index < -0.39 is 11.6 Å². The molecule has 2 aromatic carbocycles. The molecule has 3 aromatic rings. The predicted molar refractivity (Wildman–Crippen MR) is 126 cm³/mol. The molecule has 1 aliphatic heterocycles. The van der Waals surface area contributed by atoms with Gasteiger partial charge in [0.15, 0.2) is 0 Å². The number of aryl methyl sites for hydroxylation is 2. The maximum absolute atomic E-state index is 13.6. The molecule has 0 saturated heterocycles. The van der Waals surface area contributed by atoms with Gasteiger partial charge in [0.1, 0.15) is 0 Å². The standard InChI is InChI=1S/C26H30N4O2/c1-5-26(20(4)31)14-24(22-12-18(2)11-19(3)13-22)28-30(26)25(32)23-15-27-29(17-23)16-21-9-7-6-8-10-21/h6-13,15,17,20,31H,5,14,16H2,1-4H3. The molecule has 1 amide bonds. The Morgan fingerprint density at radius 3 is 2.47 bits per heavy atom. The van der Waals surface area contributed by atoms with Crippen LogP contribution in [0.5, 0.6) is 0 Å². The number of hydrazone groups is 1. The Kier molecular flexibility index (Phi) is 5.98. The summed E-state index contributed by atoms with van der Waals surface area (Å²) in [5.74, 6) is -0.244. The van der Waals surface area contributed by atoms with Crippen molar-refractivity contribution in [1.29, 1.82) is 0 Å². The van der Waals surface area contributed by atoms with Gasteiger partial charge in [-0.15, -0.1) is 0 Å². The molecule has 1 aromatic heterocycles. The largest absolute Gasteiger partial charge is 0.391 e. The molecule has 4 rings (SSSR count). The maximum Gasteiger partial charge on any atom is 0.277 e. The molecular formula is C26H30N4O2. The lowest BCUT2D eigenvalue weighted by molar-refractivity contribution is -0.00352. The number of aliphatic hydroxyl groups excluding tert-OH is 1. The lowest BCUT2D eigenvalue weighted by Gasteiger charge is -2.37. The quantitative estimate of drug-likeness (QED) is 0.633. The summed E-state index contributed by atoms with van der Waals surface area (Å²) in [4.78, 5) is 13.6. The maximum atomic E-state index is 13.6. The van der Waals surface area contributed by atoms with Crippen molar-refractivity contribution in [3.63, 3.8) is 0 Å². The summed E-state index contributed by atoms with van der Waals surface area (Å²) in [7, 11) is 0. The van der Waals surface area contributed by atoms with Gasteiger partial charge >= 0.3 is 0 Å². The van der Waals surface area contributed by atoms with Crippen molar-refractivity contribution in [2.24, 2.45) is 5.10 Å². The minimum absolute atomic E-state index is 0.244. The van der Waals surface area contributed by atoms with Gasteiger partial charge in [0.2, 0.25) is 0 Å². The molecule has 0 bridgehead atoms. The highest BCUT2D eigenvalue weighted by Crippen LogP contribution is 2.37. The van der Waals surface area contributed by atoms with Gasteiger partial charge in [-0.25, -0.2) is 5.01 Å². The van der Waals surface area contributed by atoms with Crippen LogP contribution in [0, 0.1) is 13.8 Å². The monoisotopic (exact) mass is 430 g/mol. The summed E-state index contributed by atoms with van der Waals surface area (Å²) in [6.07, 6.45) is 3.70. The van der Waals surface area contributed by atoms with Crippen LogP contribution in [-0.2, 0) is 6.54 Å². The number of carbonyl (C=O) groups is 1. The van der Waals surface area contributed by atoms with Gasteiger partial charge in [-0.05, 0) is 38.3 Å². The first kappa shape index (κ1) is 22.0. The fourth-order valence-corrected chi connectivity index (χ4v) is 4.52. The Balaban J connectivity index is 1.67. The van der Waals surface area contributed by atoms with Crippen molar-refractivity contribution in [1.82, 2.24) is 14.8 Å². The molecule has 0 aliphatic carbocycles. The van der Waals surface area contributed by atoms with Crippen LogP contribution in [0.15, 0.2) is 66.0 Å². The van der Waals surface area contributed by atoms with Crippen LogP contribution >= 0.6 is 0 Å². The molecule has 6 heteroatoms. The zero-order valence-corrected chi connectivity index (χ0v) is 19.1. The van der Waals surface area contributed by atoms with E-state index in [4.69, 9.17) is 5.10 Å². The van der Waals surface area contributed by atoms with Crippen LogP contribution in [0.2, 0.25) is 0 Å². The molecule has 1 aliphatic rings. The lowest BCUT2D eigenvalue weighted by atomic mass is 9.83. The minimum Gasteiger partial charge on any atom is -0.391 e. The van der Waals surface area contributed by atoms with Crippen LogP contribution in [-0.4, -0.2) is 43.2 Å². The van der Waals surface area contributed by atoms with Gasteiger partial charge in [0.25, 0.3) is 5.91 Å². The zero-order chi connectivity index (χ0) is 22.9. The molecule has 32 heavy (non-hydrogen) atoms. The topological polar surface area (TPSA) is 70.7 Å². The van der Waals surface area contributed by atoms with Crippen LogP contribution in [0.25, 0.3) is 0 Å². The second-order valence-electron chi connectivity index (χ2n) is 8.76. The van der Waals surface area contributed by atoms with E-state index in [0.29, 0.717) is 24.9 Å². The van der Waals surface area contributed by atoms with Crippen LogP contribution < -0.4 is 0 Å². The van der Waals surface area contributed by atoms with Crippen molar-refractivity contribution >= 4 is 11.6 Å². The minimum atomic E-state index is -0.786. The van der Waals surface area contributed by atoms with E-state index in [0.717, 1.165) is 28.0 Å². The first-order valence-corrected chi connectivity index (χ1v) is 11.1. The zero-order valence-electron chi connectivity index (χ0n) is 19.1. The van der Waals surface area contributed by atoms with Crippen molar-refractivity contribution in [3.8, 4) is 0 Å². The molecule has 1 N–H and O–H groups in total. The van der Waals surface area contributed by atoms with Gasteiger partial charge in [0.05, 0.1) is 35.7 Å². The van der Waals surface area contributed by atoms with Gasteiger partial charge in [-0.1, -0.05) is 66.6 Å². The van der Waals surface area contributed by atoms with Crippen molar-refractivity contribution < 1.29 is 9.90 Å². The molecule has 0 saturated carbocycles. The molecular weight excluding hydrogens is 400 g/mol. The summed E-state index contributed by atoms with van der Waals surface area (Å²) in [5.41, 5.74) is 4.90. The summed E-state index contributed by atoms with van der Waals surface area (Å²) in [6.45, 7) is 8.42. The second-order valence-corrected chi connectivity index (χ2v) is 8.76. The van der Waals surface area contributed by atoms with Crippen LogP contribution in [0.4, 0.5) is 0 Å².